The van der Waals surface area contributed by atoms with Crippen molar-refractivity contribution in [3.63, 3.8) is 0 Å². The van der Waals surface area contributed by atoms with E-state index in [4.69, 9.17) is 4.74 Å². The Bertz CT molecular complexity index is 46.3. The first-order valence-corrected chi connectivity index (χ1v) is 4.28. The molecule has 2 nitrogen and oxygen atoms in total. The summed E-state index contributed by atoms with van der Waals surface area (Å²) in [4.78, 5) is 0. The van der Waals surface area contributed by atoms with Crippen molar-refractivity contribution < 1.29 is 4.74 Å². The van der Waals surface area contributed by atoms with E-state index in [1.54, 1.807) is 7.11 Å². The van der Waals surface area contributed by atoms with E-state index in [1.165, 1.54) is 5.75 Å². The highest BCUT2D eigenvalue weighted by Crippen LogP contribution is 1.96. The van der Waals surface area contributed by atoms with E-state index in [0.717, 1.165) is 18.9 Å². The molecule has 0 bridgehead atoms. The molecule has 0 aromatic rings. The Morgan fingerprint density at radius 2 is 2.22 bits per heavy atom. The quantitative estimate of drug-likeness (QED) is 0.558. The molecule has 0 saturated carbocycles. The predicted octanol–water partition coefficient (Wildman–Crippen LogP) is 0.585. The van der Waals surface area contributed by atoms with E-state index in [0.29, 0.717) is 0 Å². The van der Waals surface area contributed by atoms with Gasteiger partial charge in [0.1, 0.15) is 0 Å². The van der Waals surface area contributed by atoms with Crippen LogP contribution in [-0.4, -0.2) is 38.8 Å². The van der Waals surface area contributed by atoms with Gasteiger partial charge in [0.15, 0.2) is 0 Å². The fraction of sp³-hybridized carbons (Fsp3) is 1.00. The molecular weight excluding hydrogens is 134 g/mol. The third kappa shape index (κ3) is 8.27. The summed E-state index contributed by atoms with van der Waals surface area (Å²) in [5, 5.41) is 3.08. The van der Waals surface area contributed by atoms with E-state index in [2.05, 4.69) is 5.32 Å². The number of nitrogens with one attached hydrogen (secondary N) is 1. The van der Waals surface area contributed by atoms with Crippen LogP contribution < -0.4 is 5.32 Å². The second-order valence-electron chi connectivity index (χ2n) is 1.71. The van der Waals surface area contributed by atoms with Crippen molar-refractivity contribution in [1.29, 1.82) is 0 Å². The maximum Gasteiger partial charge on any atom is 0.0552 e. The lowest BCUT2D eigenvalue weighted by Gasteiger charge is -1.98. The fourth-order valence-corrected chi connectivity index (χ4v) is 1.26. The summed E-state index contributed by atoms with van der Waals surface area (Å²) >= 11 is 1.91. The van der Waals surface area contributed by atoms with E-state index < -0.39 is 0 Å². The van der Waals surface area contributed by atoms with Crippen molar-refractivity contribution in [2.75, 3.05) is 38.8 Å². The first kappa shape index (κ1) is 9.27. The van der Waals surface area contributed by atoms with Crippen molar-refractivity contribution >= 4 is 11.8 Å². The normalized spacial score (nSPS) is 10.0. The molecule has 0 rings (SSSR count). The standard InChI is InChI=1S/C6H15NOS/c1-7-3-5-9-6-4-8-2/h7H,3-6H2,1-2H3. The van der Waals surface area contributed by atoms with E-state index in [1.807, 2.05) is 18.8 Å². The number of thioether (sulfide) groups is 1. The largest absolute Gasteiger partial charge is 0.384 e. The molecule has 3 heteroatoms. The van der Waals surface area contributed by atoms with Gasteiger partial charge in [0.05, 0.1) is 6.61 Å². The number of hydrogen-bond acceptors (Lipinski definition) is 3. The van der Waals surface area contributed by atoms with Gasteiger partial charge in [-0.15, -0.1) is 0 Å². The molecule has 0 amide bonds. The maximum atomic E-state index is 4.88. The van der Waals surface area contributed by atoms with E-state index >= 15 is 0 Å². The van der Waals surface area contributed by atoms with Gasteiger partial charge < -0.3 is 10.1 Å². The van der Waals surface area contributed by atoms with Gasteiger partial charge in [-0.05, 0) is 7.05 Å². The smallest absolute Gasteiger partial charge is 0.0552 e. The molecule has 0 radical (unpaired) electrons. The minimum Gasteiger partial charge on any atom is -0.384 e. The molecule has 1 N–H and O–H groups in total. The Balaban J connectivity index is 2.60. The molecule has 0 aliphatic carbocycles. The Hall–Kier alpha value is 0.270. The molecule has 0 spiro atoms. The van der Waals surface area contributed by atoms with Crippen LogP contribution in [-0.2, 0) is 4.74 Å². The summed E-state index contributed by atoms with van der Waals surface area (Å²) in [6.45, 7) is 1.96. The Morgan fingerprint density at radius 3 is 2.78 bits per heavy atom. The van der Waals surface area contributed by atoms with Crippen LogP contribution in [0, 0.1) is 0 Å². The third-order valence-electron chi connectivity index (χ3n) is 0.928. The highest BCUT2D eigenvalue weighted by atomic mass is 32.2. The molecule has 0 aliphatic heterocycles. The summed E-state index contributed by atoms with van der Waals surface area (Å²) in [5.41, 5.74) is 0. The lowest BCUT2D eigenvalue weighted by Crippen LogP contribution is -2.10. The zero-order valence-corrected chi connectivity index (χ0v) is 6.96. The van der Waals surface area contributed by atoms with Crippen LogP contribution in [0.25, 0.3) is 0 Å². The van der Waals surface area contributed by atoms with Gasteiger partial charge in [0.25, 0.3) is 0 Å². The monoisotopic (exact) mass is 149 g/mol. The lowest BCUT2D eigenvalue weighted by atomic mass is 10.8. The van der Waals surface area contributed by atoms with Gasteiger partial charge in [0.2, 0.25) is 0 Å². The van der Waals surface area contributed by atoms with Gasteiger partial charge in [-0.25, -0.2) is 0 Å². The van der Waals surface area contributed by atoms with Gasteiger partial charge in [-0.2, -0.15) is 11.8 Å². The van der Waals surface area contributed by atoms with Crippen molar-refractivity contribution in [3.05, 3.63) is 0 Å². The lowest BCUT2D eigenvalue weighted by molar-refractivity contribution is 0.218. The topological polar surface area (TPSA) is 21.3 Å². The zero-order chi connectivity index (χ0) is 6.95. The van der Waals surface area contributed by atoms with Crippen molar-refractivity contribution in [2.45, 2.75) is 0 Å². The molecule has 0 aromatic heterocycles. The molecule has 9 heavy (non-hydrogen) atoms. The maximum absolute atomic E-state index is 4.88. The summed E-state index contributed by atoms with van der Waals surface area (Å²) < 4.78 is 4.88. The van der Waals surface area contributed by atoms with E-state index in [9.17, 15) is 0 Å². The average Bonchev–Trinajstić information content (AvgIpc) is 1.89. The SMILES string of the molecule is CNCCSCCOC. The van der Waals surface area contributed by atoms with Gasteiger partial charge in [0, 0.05) is 25.2 Å². The van der Waals surface area contributed by atoms with Crippen LogP contribution in [0.2, 0.25) is 0 Å². The summed E-state index contributed by atoms with van der Waals surface area (Å²) in [6, 6.07) is 0. The molecule has 56 valence electrons. The van der Waals surface area contributed by atoms with Crippen LogP contribution in [0.15, 0.2) is 0 Å². The van der Waals surface area contributed by atoms with Crippen molar-refractivity contribution in [2.24, 2.45) is 0 Å². The predicted molar refractivity (Wildman–Crippen MR) is 43.1 cm³/mol. The van der Waals surface area contributed by atoms with E-state index in [-0.39, 0.29) is 0 Å². The first-order chi connectivity index (χ1) is 4.41. The molecular formula is C6H15NOS. The zero-order valence-electron chi connectivity index (χ0n) is 6.14. The van der Waals surface area contributed by atoms with Crippen LogP contribution >= 0.6 is 11.8 Å². The minimum absolute atomic E-state index is 0.869. The summed E-state index contributed by atoms with van der Waals surface area (Å²) in [5.74, 6) is 2.29. The Morgan fingerprint density at radius 1 is 1.44 bits per heavy atom. The molecule has 0 unspecified atom stereocenters. The molecule has 0 fully saturated rings. The van der Waals surface area contributed by atoms with Gasteiger partial charge >= 0.3 is 0 Å². The van der Waals surface area contributed by atoms with Gasteiger partial charge in [-0.1, -0.05) is 0 Å². The Kier molecular flexibility index (Phi) is 8.52. The highest BCUT2D eigenvalue weighted by molar-refractivity contribution is 7.99. The molecule has 0 atom stereocenters. The van der Waals surface area contributed by atoms with Crippen molar-refractivity contribution in [1.82, 2.24) is 5.32 Å². The van der Waals surface area contributed by atoms with Crippen LogP contribution in [0.4, 0.5) is 0 Å². The number of methoxy groups -OCH3 is 1. The first-order valence-electron chi connectivity index (χ1n) is 3.13. The molecule has 0 saturated heterocycles. The van der Waals surface area contributed by atoms with Gasteiger partial charge in [-0.3, -0.25) is 0 Å². The number of hydrogen-bond donors (Lipinski definition) is 1. The van der Waals surface area contributed by atoms with Crippen LogP contribution in [0.3, 0.4) is 0 Å². The van der Waals surface area contributed by atoms with Crippen LogP contribution in [0.5, 0.6) is 0 Å². The number of rotatable bonds is 6. The second kappa shape index (κ2) is 8.27. The summed E-state index contributed by atoms with van der Waals surface area (Å²) in [7, 11) is 3.70. The number of ether oxygens (including phenoxy) is 1. The minimum atomic E-state index is 0.869. The molecule has 0 heterocycles. The van der Waals surface area contributed by atoms with Crippen molar-refractivity contribution in [3.8, 4) is 0 Å². The Labute approximate surface area is 61.4 Å². The van der Waals surface area contributed by atoms with Crippen LogP contribution in [0.1, 0.15) is 0 Å². The molecule has 0 aromatic carbocycles. The summed E-state index contributed by atoms with van der Waals surface area (Å²) in [6.07, 6.45) is 0. The third-order valence-corrected chi connectivity index (χ3v) is 1.88. The highest BCUT2D eigenvalue weighted by Gasteiger charge is 1.85. The molecule has 0 aliphatic rings. The average molecular weight is 149 g/mol. The fourth-order valence-electron chi connectivity index (χ4n) is 0.419. The second-order valence-corrected chi connectivity index (χ2v) is 2.93.